The minimum atomic E-state index is -4.63. The van der Waals surface area contributed by atoms with Gasteiger partial charge in [0.1, 0.15) is 12.4 Å². The number of anilines is 2. The van der Waals surface area contributed by atoms with Crippen LogP contribution >= 0.6 is 11.6 Å². The number of hydrogen-bond acceptors (Lipinski definition) is 4. The Labute approximate surface area is 212 Å². The SMILES string of the molecule is CC(C(C(=O)Nc1cc(C(CC(=O)O)C2CC2)ccc1Cl)c1ccc2c(c1)OCCN2C)C(F)(F)F. The number of alkyl halides is 3. The lowest BCUT2D eigenvalue weighted by Crippen LogP contribution is -2.35. The van der Waals surface area contributed by atoms with Crippen molar-refractivity contribution in [3.05, 3.63) is 52.5 Å². The number of halogens is 4. The molecule has 1 aliphatic carbocycles. The fraction of sp³-hybridized carbons (Fsp3) is 0.462. The molecule has 6 nitrogen and oxygen atoms in total. The van der Waals surface area contributed by atoms with Gasteiger partial charge in [0.05, 0.1) is 41.2 Å². The smallest absolute Gasteiger partial charge is 0.392 e. The number of aliphatic carboxylic acids is 1. The summed E-state index contributed by atoms with van der Waals surface area (Å²) in [6.07, 6.45) is -2.89. The summed E-state index contributed by atoms with van der Waals surface area (Å²) in [5, 5.41) is 12.1. The average Bonchev–Trinajstić information content (AvgIpc) is 3.64. The first-order chi connectivity index (χ1) is 17.0. The molecule has 36 heavy (non-hydrogen) atoms. The second kappa shape index (κ2) is 10.2. The second-order valence-electron chi connectivity index (χ2n) is 9.58. The number of hydrogen-bond donors (Lipinski definition) is 2. The van der Waals surface area contributed by atoms with Gasteiger partial charge in [0.15, 0.2) is 0 Å². The molecule has 10 heteroatoms. The molecule has 3 unspecified atom stereocenters. The molecule has 1 saturated carbocycles. The molecule has 2 aromatic carbocycles. The predicted molar refractivity (Wildman–Crippen MR) is 131 cm³/mol. The molecule has 1 amide bonds. The lowest BCUT2D eigenvalue weighted by molar-refractivity contribution is -0.178. The Morgan fingerprint density at radius 1 is 1.19 bits per heavy atom. The van der Waals surface area contributed by atoms with E-state index in [2.05, 4.69) is 5.32 Å². The lowest BCUT2D eigenvalue weighted by Gasteiger charge is -2.30. The van der Waals surface area contributed by atoms with Gasteiger partial charge in [0, 0.05) is 7.05 Å². The number of fused-ring (bicyclic) bond motifs is 1. The van der Waals surface area contributed by atoms with Crippen LogP contribution in [0.1, 0.15) is 49.1 Å². The zero-order valence-electron chi connectivity index (χ0n) is 19.9. The Kier molecular flexibility index (Phi) is 7.41. The third-order valence-corrected chi connectivity index (χ3v) is 7.33. The molecule has 3 atom stereocenters. The van der Waals surface area contributed by atoms with Gasteiger partial charge in [-0.05, 0) is 60.1 Å². The van der Waals surface area contributed by atoms with E-state index in [1.54, 1.807) is 18.2 Å². The summed E-state index contributed by atoms with van der Waals surface area (Å²) in [6.45, 7) is 2.01. The van der Waals surface area contributed by atoms with Crippen molar-refractivity contribution in [2.45, 2.75) is 44.2 Å². The number of carboxylic acids is 1. The van der Waals surface area contributed by atoms with E-state index in [4.69, 9.17) is 16.3 Å². The standard InChI is InChI=1S/C26H28ClF3N2O4/c1-14(26(28,29)30)24(17-6-8-21-22(12-17)36-10-9-32(21)2)25(35)31-20-11-16(5-7-19(20)27)18(13-23(33)34)15-3-4-15/h5-8,11-12,14-15,18,24H,3-4,9-10,13H2,1-2H3,(H,31,35)(H,33,34). The molecular weight excluding hydrogens is 497 g/mol. The first kappa shape index (κ1) is 26.1. The van der Waals surface area contributed by atoms with Gasteiger partial charge < -0.3 is 20.1 Å². The molecule has 1 fully saturated rings. The van der Waals surface area contributed by atoms with Crippen molar-refractivity contribution in [1.82, 2.24) is 0 Å². The number of nitrogens with one attached hydrogen (secondary N) is 1. The minimum absolute atomic E-state index is 0.0724. The zero-order valence-corrected chi connectivity index (χ0v) is 20.7. The van der Waals surface area contributed by atoms with E-state index in [0.717, 1.165) is 25.5 Å². The topological polar surface area (TPSA) is 78.9 Å². The van der Waals surface area contributed by atoms with E-state index in [-0.39, 0.29) is 34.5 Å². The number of carbonyl (C=O) groups excluding carboxylic acids is 1. The van der Waals surface area contributed by atoms with Crippen LogP contribution in [0.25, 0.3) is 0 Å². The minimum Gasteiger partial charge on any atom is -0.490 e. The number of nitrogens with zero attached hydrogens (tertiary/aromatic N) is 1. The molecule has 1 aliphatic heterocycles. The highest BCUT2D eigenvalue weighted by Crippen LogP contribution is 2.46. The summed E-state index contributed by atoms with van der Waals surface area (Å²) in [6, 6.07) is 9.49. The van der Waals surface area contributed by atoms with Gasteiger partial charge in [-0.2, -0.15) is 13.2 Å². The van der Waals surface area contributed by atoms with E-state index in [1.807, 2.05) is 11.9 Å². The quantitative estimate of drug-likeness (QED) is 0.439. The van der Waals surface area contributed by atoms with Crippen molar-refractivity contribution in [3.63, 3.8) is 0 Å². The zero-order chi connectivity index (χ0) is 26.2. The van der Waals surface area contributed by atoms with Crippen LogP contribution in [0.15, 0.2) is 36.4 Å². The molecule has 2 aliphatic rings. The summed E-state index contributed by atoms with van der Waals surface area (Å²) in [4.78, 5) is 26.7. The van der Waals surface area contributed by atoms with Gasteiger partial charge in [-0.25, -0.2) is 0 Å². The van der Waals surface area contributed by atoms with E-state index in [0.29, 0.717) is 24.5 Å². The maximum absolute atomic E-state index is 13.9. The van der Waals surface area contributed by atoms with Crippen LogP contribution in [0.3, 0.4) is 0 Å². The fourth-order valence-electron chi connectivity index (χ4n) is 4.75. The Bertz CT molecular complexity index is 1150. The fourth-order valence-corrected chi connectivity index (χ4v) is 4.91. The summed E-state index contributed by atoms with van der Waals surface area (Å²) in [7, 11) is 1.86. The molecule has 0 saturated heterocycles. The average molecular weight is 525 g/mol. The van der Waals surface area contributed by atoms with Crippen molar-refractivity contribution in [2.24, 2.45) is 11.8 Å². The summed E-state index contributed by atoms with van der Waals surface area (Å²) in [5.74, 6) is -4.94. The Hall–Kier alpha value is -2.94. The highest BCUT2D eigenvalue weighted by Gasteiger charge is 2.45. The molecule has 2 aromatic rings. The normalized spacial score (nSPS) is 18.0. The molecule has 4 rings (SSSR count). The van der Waals surface area contributed by atoms with Crippen LogP contribution in [0.5, 0.6) is 5.75 Å². The molecule has 1 heterocycles. The number of carboxylic acid groups (broad SMARTS) is 1. The first-order valence-corrected chi connectivity index (χ1v) is 12.2. The van der Waals surface area contributed by atoms with E-state index in [1.165, 1.54) is 18.2 Å². The Balaban J connectivity index is 1.66. The highest BCUT2D eigenvalue weighted by molar-refractivity contribution is 6.33. The van der Waals surface area contributed by atoms with Crippen LogP contribution in [0.4, 0.5) is 24.5 Å². The van der Waals surface area contributed by atoms with Crippen LogP contribution in [-0.4, -0.2) is 43.4 Å². The second-order valence-corrected chi connectivity index (χ2v) is 9.98. The number of ether oxygens (including phenoxy) is 1. The lowest BCUT2D eigenvalue weighted by atomic mass is 9.85. The number of likely N-dealkylation sites (N-methyl/N-ethyl adjacent to an activating group) is 1. The van der Waals surface area contributed by atoms with Crippen molar-refractivity contribution in [2.75, 3.05) is 30.4 Å². The molecule has 2 N–H and O–H groups in total. The summed E-state index contributed by atoms with van der Waals surface area (Å²) >= 11 is 6.30. The third-order valence-electron chi connectivity index (χ3n) is 7.00. The van der Waals surface area contributed by atoms with E-state index in [9.17, 15) is 27.9 Å². The van der Waals surface area contributed by atoms with Crippen LogP contribution < -0.4 is 15.0 Å². The number of amides is 1. The molecule has 0 aromatic heterocycles. The molecular formula is C26H28ClF3N2O4. The Morgan fingerprint density at radius 3 is 2.53 bits per heavy atom. The van der Waals surface area contributed by atoms with Crippen molar-refractivity contribution >= 4 is 34.9 Å². The predicted octanol–water partition coefficient (Wildman–Crippen LogP) is 6.06. The van der Waals surface area contributed by atoms with Crippen LogP contribution in [0.2, 0.25) is 5.02 Å². The van der Waals surface area contributed by atoms with Crippen molar-refractivity contribution in [3.8, 4) is 5.75 Å². The van der Waals surface area contributed by atoms with E-state index < -0.39 is 29.9 Å². The largest absolute Gasteiger partial charge is 0.490 e. The van der Waals surface area contributed by atoms with Crippen LogP contribution in [0, 0.1) is 11.8 Å². The highest BCUT2D eigenvalue weighted by atomic mass is 35.5. The number of carbonyl (C=O) groups is 2. The third kappa shape index (κ3) is 5.72. The van der Waals surface area contributed by atoms with E-state index >= 15 is 0 Å². The maximum Gasteiger partial charge on any atom is 0.392 e. The maximum atomic E-state index is 13.9. The number of rotatable bonds is 8. The van der Waals surface area contributed by atoms with Gasteiger partial charge in [-0.15, -0.1) is 0 Å². The van der Waals surface area contributed by atoms with Gasteiger partial charge >= 0.3 is 12.1 Å². The summed E-state index contributed by atoms with van der Waals surface area (Å²) < 4.78 is 47.2. The molecule has 0 spiro atoms. The molecule has 0 bridgehead atoms. The molecule has 0 radical (unpaired) electrons. The van der Waals surface area contributed by atoms with Gasteiger partial charge in [-0.3, -0.25) is 9.59 Å². The van der Waals surface area contributed by atoms with Crippen molar-refractivity contribution in [1.29, 1.82) is 0 Å². The van der Waals surface area contributed by atoms with Gasteiger partial charge in [0.25, 0.3) is 0 Å². The van der Waals surface area contributed by atoms with Gasteiger partial charge in [-0.1, -0.05) is 30.7 Å². The summed E-state index contributed by atoms with van der Waals surface area (Å²) in [5.41, 5.74) is 1.76. The van der Waals surface area contributed by atoms with Crippen molar-refractivity contribution < 1.29 is 32.6 Å². The van der Waals surface area contributed by atoms with Crippen LogP contribution in [-0.2, 0) is 9.59 Å². The first-order valence-electron chi connectivity index (χ1n) is 11.8. The van der Waals surface area contributed by atoms with Gasteiger partial charge in [0.2, 0.25) is 5.91 Å². The molecule has 194 valence electrons. The Morgan fingerprint density at radius 2 is 1.89 bits per heavy atom. The monoisotopic (exact) mass is 524 g/mol. The number of benzene rings is 2.